The van der Waals surface area contributed by atoms with Gasteiger partial charge in [0.25, 0.3) is 0 Å². The van der Waals surface area contributed by atoms with Gasteiger partial charge in [-0.3, -0.25) is 9.10 Å². The smallest absolute Gasteiger partial charge is 0.245 e. The molecule has 0 aliphatic heterocycles. The van der Waals surface area contributed by atoms with Crippen LogP contribution in [-0.4, -0.2) is 27.1 Å². The van der Waals surface area contributed by atoms with Gasteiger partial charge in [-0.2, -0.15) is 0 Å². The Hall–Kier alpha value is -2.05. The normalized spacial score (nSPS) is 11.5. The minimum atomic E-state index is -3.64. The number of nitrogens with one attached hydrogen (secondary N) is 1. The summed E-state index contributed by atoms with van der Waals surface area (Å²) in [5.74, 6) is -0.0313. The van der Waals surface area contributed by atoms with Crippen LogP contribution in [0, 0.1) is 6.92 Å². The number of hydrogen-bond acceptors (Lipinski definition) is 3. The van der Waals surface area contributed by atoms with Gasteiger partial charge in [0.15, 0.2) is 0 Å². The van der Waals surface area contributed by atoms with Crippen LogP contribution in [0.4, 0.5) is 11.4 Å². The zero-order valence-electron chi connectivity index (χ0n) is 15.3. The lowest BCUT2D eigenvalue weighted by molar-refractivity contribution is -0.114. The Balaban J connectivity index is 2.17. The second-order valence-electron chi connectivity index (χ2n) is 6.53. The van der Waals surface area contributed by atoms with Crippen molar-refractivity contribution < 1.29 is 13.2 Å². The van der Waals surface area contributed by atoms with Crippen molar-refractivity contribution in [3.05, 3.63) is 58.6 Å². The summed E-state index contributed by atoms with van der Waals surface area (Å²) in [4.78, 5) is 12.4. The highest BCUT2D eigenvalue weighted by molar-refractivity contribution is 7.92. The number of rotatable bonds is 6. The summed E-state index contributed by atoms with van der Waals surface area (Å²) >= 11 is 6.09. The monoisotopic (exact) mass is 394 g/mol. The number of aryl methyl sites for hydroxylation is 1. The maximum atomic E-state index is 12.4. The maximum absolute atomic E-state index is 12.4. The van der Waals surface area contributed by atoms with Gasteiger partial charge >= 0.3 is 0 Å². The van der Waals surface area contributed by atoms with Gasteiger partial charge in [0.1, 0.15) is 6.54 Å². The van der Waals surface area contributed by atoms with Gasteiger partial charge in [0.2, 0.25) is 15.9 Å². The van der Waals surface area contributed by atoms with E-state index >= 15 is 0 Å². The van der Waals surface area contributed by atoms with Crippen molar-refractivity contribution in [3.8, 4) is 0 Å². The Kier molecular flexibility index (Phi) is 6.31. The van der Waals surface area contributed by atoms with E-state index in [1.165, 1.54) is 0 Å². The molecule has 2 rings (SSSR count). The predicted molar refractivity (Wildman–Crippen MR) is 108 cm³/mol. The first-order valence-electron chi connectivity index (χ1n) is 8.21. The van der Waals surface area contributed by atoms with Crippen molar-refractivity contribution >= 4 is 38.9 Å². The van der Waals surface area contributed by atoms with Crippen molar-refractivity contribution in [1.82, 2.24) is 0 Å². The predicted octanol–water partition coefficient (Wildman–Crippen LogP) is 4.18. The van der Waals surface area contributed by atoms with Gasteiger partial charge in [-0.05, 0) is 48.2 Å². The van der Waals surface area contributed by atoms with Crippen LogP contribution in [-0.2, 0) is 14.8 Å². The summed E-state index contributed by atoms with van der Waals surface area (Å²) in [6, 6.07) is 12.4. The molecule has 0 aliphatic rings. The highest BCUT2D eigenvalue weighted by Gasteiger charge is 2.21. The van der Waals surface area contributed by atoms with Gasteiger partial charge in [-0.1, -0.05) is 43.6 Å². The molecule has 26 heavy (non-hydrogen) atoms. The van der Waals surface area contributed by atoms with E-state index < -0.39 is 15.9 Å². The van der Waals surface area contributed by atoms with E-state index in [9.17, 15) is 13.2 Å². The lowest BCUT2D eigenvalue weighted by atomic mass is 10.0. The number of nitrogens with zero attached hydrogens (tertiary/aromatic N) is 1. The molecule has 0 aliphatic carbocycles. The summed E-state index contributed by atoms with van der Waals surface area (Å²) < 4.78 is 25.3. The van der Waals surface area contributed by atoms with E-state index in [2.05, 4.69) is 19.2 Å². The first-order chi connectivity index (χ1) is 12.1. The third-order valence-corrected chi connectivity index (χ3v) is 5.54. The van der Waals surface area contributed by atoms with E-state index in [-0.39, 0.29) is 6.54 Å². The maximum Gasteiger partial charge on any atom is 0.245 e. The van der Waals surface area contributed by atoms with Crippen LogP contribution < -0.4 is 9.62 Å². The number of benzene rings is 2. The standard InChI is InChI=1S/C19H23ClN2O3S/c1-13(2)15-6-8-16(9-7-15)21-19(23)12-22(26(4,24)25)17-10-5-14(3)18(20)11-17/h5-11,13H,12H2,1-4H3,(H,21,23). The van der Waals surface area contributed by atoms with Crippen LogP contribution in [0.15, 0.2) is 42.5 Å². The van der Waals surface area contributed by atoms with E-state index in [4.69, 9.17) is 11.6 Å². The molecule has 0 spiro atoms. The van der Waals surface area contributed by atoms with Gasteiger partial charge in [-0.25, -0.2) is 8.42 Å². The van der Waals surface area contributed by atoms with E-state index in [1.807, 2.05) is 19.1 Å². The number of anilines is 2. The molecular formula is C19H23ClN2O3S. The Morgan fingerprint density at radius 3 is 2.27 bits per heavy atom. The van der Waals surface area contributed by atoms with Crippen LogP contribution in [0.25, 0.3) is 0 Å². The van der Waals surface area contributed by atoms with E-state index in [1.54, 1.807) is 30.3 Å². The molecule has 140 valence electrons. The number of hydrogen-bond donors (Lipinski definition) is 1. The average molecular weight is 395 g/mol. The largest absolute Gasteiger partial charge is 0.325 e. The summed E-state index contributed by atoms with van der Waals surface area (Å²) in [5.41, 5.74) is 2.97. The molecule has 5 nitrogen and oxygen atoms in total. The van der Waals surface area contributed by atoms with Gasteiger partial charge in [0.05, 0.1) is 11.9 Å². The second-order valence-corrected chi connectivity index (χ2v) is 8.84. The van der Waals surface area contributed by atoms with Crippen molar-refractivity contribution in [1.29, 1.82) is 0 Å². The number of amides is 1. The third kappa shape index (κ3) is 5.22. The van der Waals surface area contributed by atoms with Crippen LogP contribution in [0.3, 0.4) is 0 Å². The SMILES string of the molecule is Cc1ccc(N(CC(=O)Nc2ccc(C(C)C)cc2)S(C)(=O)=O)cc1Cl. The summed E-state index contributed by atoms with van der Waals surface area (Å²) in [6.07, 6.45) is 1.06. The fourth-order valence-electron chi connectivity index (χ4n) is 2.42. The molecule has 0 atom stereocenters. The molecule has 0 saturated heterocycles. The van der Waals surface area contributed by atoms with E-state index in [0.29, 0.717) is 22.3 Å². The fraction of sp³-hybridized carbons (Fsp3) is 0.316. The molecule has 0 heterocycles. The molecule has 0 fully saturated rings. The molecular weight excluding hydrogens is 372 g/mol. The molecule has 0 bridgehead atoms. The molecule has 1 amide bonds. The van der Waals surface area contributed by atoms with Crippen LogP contribution in [0.5, 0.6) is 0 Å². The lowest BCUT2D eigenvalue weighted by Gasteiger charge is -2.22. The molecule has 1 N–H and O–H groups in total. The lowest BCUT2D eigenvalue weighted by Crippen LogP contribution is -2.37. The minimum absolute atomic E-state index is 0.329. The van der Waals surface area contributed by atoms with Crippen molar-refractivity contribution in [2.75, 3.05) is 22.4 Å². The third-order valence-electron chi connectivity index (χ3n) is 3.99. The summed E-state index contributed by atoms with van der Waals surface area (Å²) in [7, 11) is -3.64. The number of carbonyl (C=O) groups excluding carboxylic acids is 1. The van der Waals surface area contributed by atoms with Gasteiger partial charge < -0.3 is 5.32 Å². The van der Waals surface area contributed by atoms with Crippen LogP contribution in [0.1, 0.15) is 30.9 Å². The van der Waals surface area contributed by atoms with Gasteiger partial charge in [0, 0.05) is 10.7 Å². The van der Waals surface area contributed by atoms with Crippen LogP contribution in [0.2, 0.25) is 5.02 Å². The Labute approximate surface area is 160 Å². The molecule has 0 aromatic heterocycles. The number of halogens is 1. The Morgan fingerprint density at radius 1 is 1.15 bits per heavy atom. The average Bonchev–Trinajstić information content (AvgIpc) is 2.55. The zero-order chi connectivity index (χ0) is 19.5. The molecule has 0 unspecified atom stereocenters. The quantitative estimate of drug-likeness (QED) is 0.799. The summed E-state index contributed by atoms with van der Waals surface area (Å²) in [6.45, 7) is 5.67. The first-order valence-corrected chi connectivity index (χ1v) is 10.4. The second kappa shape index (κ2) is 8.10. The highest BCUT2D eigenvalue weighted by atomic mass is 35.5. The Morgan fingerprint density at radius 2 is 1.77 bits per heavy atom. The number of sulfonamides is 1. The topological polar surface area (TPSA) is 66.5 Å². The molecule has 0 saturated carbocycles. The molecule has 0 radical (unpaired) electrons. The summed E-state index contributed by atoms with van der Waals surface area (Å²) in [5, 5.41) is 3.17. The molecule has 2 aromatic carbocycles. The van der Waals surface area contributed by atoms with Gasteiger partial charge in [-0.15, -0.1) is 0 Å². The van der Waals surface area contributed by atoms with Crippen molar-refractivity contribution in [2.45, 2.75) is 26.7 Å². The van der Waals surface area contributed by atoms with Crippen molar-refractivity contribution in [2.24, 2.45) is 0 Å². The Bertz CT molecular complexity index is 894. The van der Waals surface area contributed by atoms with E-state index in [0.717, 1.165) is 21.7 Å². The fourth-order valence-corrected chi connectivity index (χ4v) is 3.44. The van der Waals surface area contributed by atoms with Crippen molar-refractivity contribution in [3.63, 3.8) is 0 Å². The van der Waals surface area contributed by atoms with Crippen LogP contribution >= 0.6 is 11.6 Å². The number of carbonyl (C=O) groups is 1. The highest BCUT2D eigenvalue weighted by Crippen LogP contribution is 2.25. The zero-order valence-corrected chi connectivity index (χ0v) is 16.9. The molecule has 2 aromatic rings. The minimum Gasteiger partial charge on any atom is -0.325 e. The molecule has 7 heteroatoms. The first kappa shape index (κ1) is 20.3.